The smallest absolute Gasteiger partial charge is 0.144 e. The van der Waals surface area contributed by atoms with Gasteiger partial charge < -0.3 is 14.4 Å². The molecule has 0 amide bonds. The van der Waals surface area contributed by atoms with E-state index in [1.807, 2.05) is 73.9 Å². The van der Waals surface area contributed by atoms with Crippen LogP contribution in [-0.4, -0.2) is 9.97 Å². The Kier molecular flexibility index (Phi) is 8.39. The molecular weight excluding hydrogens is 765 g/mol. The van der Waals surface area contributed by atoms with E-state index in [-0.39, 0.29) is 25.5 Å². The molecule has 0 unspecified atom stereocenters. The van der Waals surface area contributed by atoms with E-state index in [4.69, 9.17) is 4.42 Å². The van der Waals surface area contributed by atoms with Crippen LogP contribution in [0.25, 0.3) is 66.7 Å². The summed E-state index contributed by atoms with van der Waals surface area (Å²) in [5, 5.41) is 2.30. The van der Waals surface area contributed by atoms with Crippen molar-refractivity contribution >= 4 is 21.9 Å². The number of para-hydroxylation sites is 1. The zero-order chi connectivity index (χ0) is 32.0. The number of nitrogens with zero attached hydrogens (tertiary/aromatic N) is 2. The van der Waals surface area contributed by atoms with Gasteiger partial charge in [0.2, 0.25) is 0 Å². The van der Waals surface area contributed by atoms with Crippen LogP contribution >= 0.6 is 0 Å². The van der Waals surface area contributed by atoms with E-state index >= 15 is 0 Å². The molecule has 0 fully saturated rings. The Balaban J connectivity index is 0.000000220. The maximum absolute atomic E-state index is 6.60. The van der Waals surface area contributed by atoms with Crippen molar-refractivity contribution in [2.24, 2.45) is 0 Å². The first kappa shape index (κ1) is 31.4. The van der Waals surface area contributed by atoms with E-state index in [1.165, 1.54) is 33.4 Å². The van der Waals surface area contributed by atoms with Gasteiger partial charge in [-0.2, -0.15) is 0 Å². The summed E-state index contributed by atoms with van der Waals surface area (Å²) in [4.78, 5) is 8.96. The standard InChI is InChI=1S/C32H22NO.C12H10N.Ir/c1-32(2)25-14-8-6-12-22(25)30-26(32)19-24(29-23-13-7-9-15-28(23)34-31(29)30)21-16-17-33-27(18-21)20-10-4-3-5-11-20;1-10-7-8-12(13-9-10)11-5-3-2-4-6-11;/h3-10,12-19H,1-2H3;2-5,7-9H,1H3;/q2*-1;. The second-order valence-electron chi connectivity index (χ2n) is 12.5. The second kappa shape index (κ2) is 12.8. The Bertz CT molecular complexity index is 2380. The van der Waals surface area contributed by atoms with E-state index in [9.17, 15) is 0 Å². The van der Waals surface area contributed by atoms with Crippen molar-refractivity contribution in [1.29, 1.82) is 0 Å². The summed E-state index contributed by atoms with van der Waals surface area (Å²) < 4.78 is 6.60. The molecule has 1 aliphatic rings. The zero-order valence-corrected chi connectivity index (χ0v) is 29.3. The van der Waals surface area contributed by atoms with Crippen LogP contribution in [0.3, 0.4) is 0 Å². The van der Waals surface area contributed by atoms with Gasteiger partial charge in [0.15, 0.2) is 0 Å². The number of furan rings is 1. The zero-order valence-electron chi connectivity index (χ0n) is 26.9. The molecule has 3 aromatic heterocycles. The van der Waals surface area contributed by atoms with Gasteiger partial charge in [-0.3, -0.25) is 0 Å². The van der Waals surface area contributed by atoms with E-state index in [0.29, 0.717) is 0 Å². The van der Waals surface area contributed by atoms with Crippen LogP contribution in [0.15, 0.2) is 144 Å². The summed E-state index contributed by atoms with van der Waals surface area (Å²) in [5.41, 5.74) is 14.3. The first-order valence-corrected chi connectivity index (χ1v) is 15.9. The van der Waals surface area contributed by atoms with Gasteiger partial charge in [0.1, 0.15) is 11.2 Å². The monoisotopic (exact) mass is 797 g/mol. The number of benzene rings is 5. The minimum absolute atomic E-state index is 0. The van der Waals surface area contributed by atoms with Crippen molar-refractivity contribution in [3.63, 3.8) is 0 Å². The summed E-state index contributed by atoms with van der Waals surface area (Å²) in [6, 6.07) is 50.1. The minimum Gasteiger partial charge on any atom is -0.455 e. The number of hydrogen-bond acceptors (Lipinski definition) is 3. The molecule has 0 saturated carbocycles. The van der Waals surface area contributed by atoms with E-state index < -0.39 is 0 Å². The van der Waals surface area contributed by atoms with Crippen LogP contribution in [0.4, 0.5) is 0 Å². The molecule has 0 N–H and O–H groups in total. The van der Waals surface area contributed by atoms with Gasteiger partial charge in [0, 0.05) is 54.2 Å². The van der Waals surface area contributed by atoms with Gasteiger partial charge in [-0.1, -0.05) is 74.5 Å². The van der Waals surface area contributed by atoms with Crippen molar-refractivity contribution in [3.8, 4) is 44.8 Å². The molecule has 0 bridgehead atoms. The molecule has 1 radical (unpaired) electrons. The van der Waals surface area contributed by atoms with Crippen molar-refractivity contribution in [1.82, 2.24) is 9.97 Å². The molecule has 3 heterocycles. The second-order valence-corrected chi connectivity index (χ2v) is 12.5. The summed E-state index contributed by atoms with van der Waals surface area (Å²) in [6.07, 6.45) is 3.77. The van der Waals surface area contributed by atoms with Crippen LogP contribution in [0.2, 0.25) is 0 Å². The van der Waals surface area contributed by atoms with E-state index in [2.05, 4.69) is 109 Å². The Hall–Kier alpha value is -5.15. The summed E-state index contributed by atoms with van der Waals surface area (Å²) in [6.45, 7) is 6.66. The molecule has 9 rings (SSSR count). The minimum atomic E-state index is -0.114. The van der Waals surface area contributed by atoms with E-state index in [0.717, 1.165) is 50.0 Å². The molecular formula is C44H32IrN2O-2. The molecule has 5 aromatic carbocycles. The number of aryl methyl sites for hydroxylation is 1. The molecule has 3 nitrogen and oxygen atoms in total. The normalized spacial score (nSPS) is 12.5. The Labute approximate surface area is 294 Å². The summed E-state index contributed by atoms with van der Waals surface area (Å²) >= 11 is 0. The van der Waals surface area contributed by atoms with Gasteiger partial charge in [-0.25, -0.2) is 0 Å². The summed E-state index contributed by atoms with van der Waals surface area (Å²) in [5.74, 6) is 0. The van der Waals surface area contributed by atoms with Crippen molar-refractivity contribution in [2.45, 2.75) is 26.2 Å². The average Bonchev–Trinajstić information content (AvgIpc) is 3.62. The van der Waals surface area contributed by atoms with Crippen LogP contribution in [0.1, 0.15) is 30.5 Å². The van der Waals surface area contributed by atoms with Crippen LogP contribution in [-0.2, 0) is 25.5 Å². The predicted molar refractivity (Wildman–Crippen MR) is 192 cm³/mol. The average molecular weight is 797 g/mol. The number of rotatable bonds is 3. The number of pyridine rings is 2. The van der Waals surface area contributed by atoms with Crippen LogP contribution in [0.5, 0.6) is 0 Å². The molecule has 0 atom stereocenters. The Morgan fingerprint density at radius 1 is 0.646 bits per heavy atom. The third-order valence-corrected chi connectivity index (χ3v) is 9.15. The number of fused-ring (bicyclic) bond motifs is 7. The van der Waals surface area contributed by atoms with Gasteiger partial charge in [0.25, 0.3) is 0 Å². The molecule has 8 aromatic rings. The van der Waals surface area contributed by atoms with E-state index in [1.54, 1.807) is 0 Å². The molecule has 48 heavy (non-hydrogen) atoms. The fourth-order valence-electron chi connectivity index (χ4n) is 6.76. The number of hydrogen-bond donors (Lipinski definition) is 0. The van der Waals surface area contributed by atoms with Crippen LogP contribution in [0, 0.1) is 19.1 Å². The largest absolute Gasteiger partial charge is 0.455 e. The summed E-state index contributed by atoms with van der Waals surface area (Å²) in [7, 11) is 0. The van der Waals surface area contributed by atoms with Gasteiger partial charge in [-0.15, -0.1) is 71.8 Å². The molecule has 0 aliphatic heterocycles. The third kappa shape index (κ3) is 5.47. The van der Waals surface area contributed by atoms with Crippen molar-refractivity contribution in [3.05, 3.63) is 169 Å². The molecule has 1 aliphatic carbocycles. The Morgan fingerprint density at radius 3 is 2.08 bits per heavy atom. The predicted octanol–water partition coefficient (Wildman–Crippen LogP) is 11.3. The molecule has 0 saturated heterocycles. The number of aromatic nitrogens is 2. The fraction of sp³-hybridized carbons (Fsp3) is 0.0909. The van der Waals surface area contributed by atoms with Crippen molar-refractivity contribution in [2.75, 3.05) is 0 Å². The molecule has 235 valence electrons. The van der Waals surface area contributed by atoms with Gasteiger partial charge in [-0.05, 0) is 69.9 Å². The maximum atomic E-state index is 6.60. The topological polar surface area (TPSA) is 38.9 Å². The van der Waals surface area contributed by atoms with Gasteiger partial charge >= 0.3 is 0 Å². The Morgan fingerprint density at radius 2 is 1.35 bits per heavy atom. The maximum Gasteiger partial charge on any atom is 0.144 e. The quantitative estimate of drug-likeness (QED) is 0.167. The van der Waals surface area contributed by atoms with Crippen LogP contribution < -0.4 is 0 Å². The molecule has 4 heteroatoms. The van der Waals surface area contributed by atoms with Crippen molar-refractivity contribution < 1.29 is 24.5 Å². The third-order valence-electron chi connectivity index (χ3n) is 9.15. The first-order chi connectivity index (χ1) is 23.0. The first-order valence-electron chi connectivity index (χ1n) is 15.9. The van der Waals surface area contributed by atoms with Gasteiger partial charge in [0.05, 0.1) is 0 Å². The molecule has 0 spiro atoms. The SMILES string of the molecule is CC1(C)c2ccccc2-c2c1cc(-c1ccnc(-c3[c-]cccc3)c1)c1c2oc2ccccc21.Cc1ccc(-c2[c-]cccc2)nc1.[Ir]. The fourth-order valence-corrected chi connectivity index (χ4v) is 6.76.